The molecule has 0 aliphatic rings. The predicted octanol–water partition coefficient (Wildman–Crippen LogP) is 5.10. The minimum Gasteiger partial charge on any atom is -0.451 e. The van der Waals surface area contributed by atoms with Crippen molar-refractivity contribution in [2.45, 2.75) is 0 Å². The number of hydrogen-bond acceptors (Lipinski definition) is 2. The zero-order valence-corrected chi connectivity index (χ0v) is 12.9. The number of carbonyl (C=O) groups excluding carboxylic acids is 1. The SMILES string of the molecule is O=C(Nc1ccc(Br)cc1)c1ccc(-c2ccccc2F)o1. The summed E-state index contributed by atoms with van der Waals surface area (Å²) in [6.45, 7) is 0. The molecule has 0 spiro atoms. The molecule has 3 nitrogen and oxygen atoms in total. The molecule has 3 rings (SSSR count). The Hall–Kier alpha value is -2.40. The fraction of sp³-hybridized carbons (Fsp3) is 0. The van der Waals surface area contributed by atoms with E-state index < -0.39 is 5.82 Å². The molecule has 2 aromatic carbocycles. The van der Waals surface area contributed by atoms with E-state index in [9.17, 15) is 9.18 Å². The van der Waals surface area contributed by atoms with Crippen LogP contribution in [0.15, 0.2) is 69.6 Å². The second-order valence-electron chi connectivity index (χ2n) is 4.60. The highest BCUT2D eigenvalue weighted by Gasteiger charge is 2.14. The normalized spacial score (nSPS) is 10.5. The lowest BCUT2D eigenvalue weighted by Gasteiger charge is -2.03. The standard InChI is InChI=1S/C17H11BrFNO2/c18-11-5-7-12(8-6-11)20-17(21)16-10-9-15(22-16)13-3-1-2-4-14(13)19/h1-10H,(H,20,21). The van der Waals surface area contributed by atoms with Crippen molar-refractivity contribution in [3.63, 3.8) is 0 Å². The van der Waals surface area contributed by atoms with E-state index in [0.717, 1.165) is 4.47 Å². The fourth-order valence-corrected chi connectivity index (χ4v) is 2.26. The number of carbonyl (C=O) groups is 1. The Kier molecular flexibility index (Phi) is 4.06. The van der Waals surface area contributed by atoms with Crippen molar-refractivity contribution in [2.24, 2.45) is 0 Å². The van der Waals surface area contributed by atoms with Crippen LogP contribution in [0.1, 0.15) is 10.6 Å². The number of furan rings is 1. The average molecular weight is 360 g/mol. The van der Waals surface area contributed by atoms with Crippen LogP contribution in [0.25, 0.3) is 11.3 Å². The first-order valence-corrected chi connectivity index (χ1v) is 7.34. The third-order valence-electron chi connectivity index (χ3n) is 3.07. The van der Waals surface area contributed by atoms with Crippen molar-refractivity contribution in [1.29, 1.82) is 0 Å². The molecule has 1 aromatic heterocycles. The van der Waals surface area contributed by atoms with Crippen LogP contribution in [0.3, 0.4) is 0 Å². The van der Waals surface area contributed by atoms with Gasteiger partial charge < -0.3 is 9.73 Å². The first-order chi connectivity index (χ1) is 10.6. The predicted molar refractivity (Wildman–Crippen MR) is 86.2 cm³/mol. The first kappa shape index (κ1) is 14.5. The Morgan fingerprint density at radius 2 is 1.73 bits per heavy atom. The molecule has 110 valence electrons. The van der Waals surface area contributed by atoms with Gasteiger partial charge in [0.25, 0.3) is 5.91 Å². The van der Waals surface area contributed by atoms with Crippen LogP contribution in [-0.4, -0.2) is 5.91 Å². The molecule has 1 N–H and O–H groups in total. The maximum atomic E-state index is 13.7. The van der Waals surface area contributed by atoms with Gasteiger partial charge in [-0.1, -0.05) is 28.1 Å². The van der Waals surface area contributed by atoms with Crippen molar-refractivity contribution < 1.29 is 13.6 Å². The highest BCUT2D eigenvalue weighted by molar-refractivity contribution is 9.10. The van der Waals surface area contributed by atoms with Crippen LogP contribution in [0, 0.1) is 5.82 Å². The van der Waals surface area contributed by atoms with Gasteiger partial charge in [-0.25, -0.2) is 4.39 Å². The second-order valence-corrected chi connectivity index (χ2v) is 5.52. The highest BCUT2D eigenvalue weighted by atomic mass is 79.9. The molecular weight excluding hydrogens is 349 g/mol. The van der Waals surface area contributed by atoms with Gasteiger partial charge >= 0.3 is 0 Å². The summed E-state index contributed by atoms with van der Waals surface area (Å²) in [6, 6.07) is 16.5. The van der Waals surface area contributed by atoms with Crippen molar-refractivity contribution in [1.82, 2.24) is 0 Å². The molecule has 0 bridgehead atoms. The fourth-order valence-electron chi connectivity index (χ4n) is 1.99. The summed E-state index contributed by atoms with van der Waals surface area (Å²) in [5, 5.41) is 2.72. The topological polar surface area (TPSA) is 42.2 Å². The highest BCUT2D eigenvalue weighted by Crippen LogP contribution is 2.25. The number of benzene rings is 2. The summed E-state index contributed by atoms with van der Waals surface area (Å²) < 4.78 is 20.1. The van der Waals surface area contributed by atoms with Crippen LogP contribution >= 0.6 is 15.9 Å². The number of anilines is 1. The summed E-state index contributed by atoms with van der Waals surface area (Å²) in [4.78, 5) is 12.1. The van der Waals surface area contributed by atoms with Gasteiger partial charge in [-0.05, 0) is 48.5 Å². The van der Waals surface area contributed by atoms with Gasteiger partial charge in [0.2, 0.25) is 0 Å². The summed E-state index contributed by atoms with van der Waals surface area (Å²) in [5.74, 6) is -0.332. The molecule has 0 saturated carbocycles. The van der Waals surface area contributed by atoms with Gasteiger partial charge in [0.1, 0.15) is 11.6 Å². The number of hydrogen-bond donors (Lipinski definition) is 1. The molecule has 1 amide bonds. The Labute approximate surface area is 134 Å². The number of amides is 1. The van der Waals surface area contributed by atoms with Crippen LogP contribution < -0.4 is 5.32 Å². The van der Waals surface area contributed by atoms with Gasteiger partial charge in [-0.3, -0.25) is 4.79 Å². The molecule has 1 heterocycles. The van der Waals surface area contributed by atoms with Crippen molar-refractivity contribution in [3.05, 3.63) is 76.7 Å². The quantitative estimate of drug-likeness (QED) is 0.706. The zero-order valence-electron chi connectivity index (χ0n) is 11.3. The van der Waals surface area contributed by atoms with Gasteiger partial charge in [0.05, 0.1) is 5.56 Å². The maximum absolute atomic E-state index is 13.7. The van der Waals surface area contributed by atoms with E-state index in [2.05, 4.69) is 21.2 Å². The minimum absolute atomic E-state index is 0.126. The van der Waals surface area contributed by atoms with E-state index in [1.807, 2.05) is 12.1 Å². The van der Waals surface area contributed by atoms with Gasteiger partial charge in [-0.15, -0.1) is 0 Å². The number of halogens is 2. The molecule has 22 heavy (non-hydrogen) atoms. The average Bonchev–Trinajstić information content (AvgIpc) is 3.00. The van der Waals surface area contributed by atoms with Crippen LogP contribution in [-0.2, 0) is 0 Å². The molecular formula is C17H11BrFNO2. The van der Waals surface area contributed by atoms with E-state index in [1.165, 1.54) is 12.1 Å². The van der Waals surface area contributed by atoms with Crippen molar-refractivity contribution in [3.8, 4) is 11.3 Å². The van der Waals surface area contributed by atoms with Crippen LogP contribution in [0.4, 0.5) is 10.1 Å². The molecule has 0 fully saturated rings. The maximum Gasteiger partial charge on any atom is 0.291 e. The van der Waals surface area contributed by atoms with E-state index >= 15 is 0 Å². The van der Waals surface area contributed by atoms with Gasteiger partial charge in [0, 0.05) is 10.2 Å². The smallest absolute Gasteiger partial charge is 0.291 e. The molecule has 0 saturated heterocycles. The summed E-state index contributed by atoms with van der Waals surface area (Å²) >= 11 is 3.33. The van der Waals surface area contributed by atoms with E-state index in [0.29, 0.717) is 17.0 Å². The minimum atomic E-state index is -0.392. The zero-order chi connectivity index (χ0) is 15.5. The molecule has 0 aliphatic carbocycles. The third-order valence-corrected chi connectivity index (χ3v) is 3.60. The monoisotopic (exact) mass is 359 g/mol. The summed E-state index contributed by atoms with van der Waals surface area (Å²) in [7, 11) is 0. The summed E-state index contributed by atoms with van der Waals surface area (Å²) in [5.41, 5.74) is 0.974. The first-order valence-electron chi connectivity index (χ1n) is 6.55. The van der Waals surface area contributed by atoms with E-state index in [4.69, 9.17) is 4.42 Å². The van der Waals surface area contributed by atoms with E-state index in [1.54, 1.807) is 36.4 Å². The lowest BCUT2D eigenvalue weighted by atomic mass is 10.1. The second kappa shape index (κ2) is 6.15. The third kappa shape index (κ3) is 3.09. The summed E-state index contributed by atoms with van der Waals surface area (Å²) in [6.07, 6.45) is 0. The number of rotatable bonds is 3. The van der Waals surface area contributed by atoms with Crippen LogP contribution in [0.5, 0.6) is 0 Å². The molecule has 5 heteroatoms. The largest absolute Gasteiger partial charge is 0.451 e. The van der Waals surface area contributed by atoms with Gasteiger partial charge in [0.15, 0.2) is 5.76 Å². The van der Waals surface area contributed by atoms with Crippen LogP contribution in [0.2, 0.25) is 0 Å². The molecule has 3 aromatic rings. The molecule has 0 unspecified atom stereocenters. The lowest BCUT2D eigenvalue weighted by molar-refractivity contribution is 0.0997. The Balaban J connectivity index is 1.80. The number of nitrogens with one attached hydrogen (secondary N) is 1. The van der Waals surface area contributed by atoms with Gasteiger partial charge in [-0.2, -0.15) is 0 Å². The molecule has 0 aliphatic heterocycles. The van der Waals surface area contributed by atoms with E-state index in [-0.39, 0.29) is 11.7 Å². The Morgan fingerprint density at radius 3 is 2.45 bits per heavy atom. The molecule has 0 radical (unpaired) electrons. The van der Waals surface area contributed by atoms with Crippen molar-refractivity contribution in [2.75, 3.05) is 5.32 Å². The Bertz CT molecular complexity index is 812. The Morgan fingerprint density at radius 1 is 1.00 bits per heavy atom. The molecule has 0 atom stereocenters. The lowest BCUT2D eigenvalue weighted by Crippen LogP contribution is -2.10. The van der Waals surface area contributed by atoms with Crippen molar-refractivity contribution >= 4 is 27.5 Å².